The molecule has 0 aromatic heterocycles. The molecule has 0 N–H and O–H groups in total. The Kier molecular flexibility index (Phi) is 18.6. The molecule has 2 aromatic rings. The normalized spacial score (nSPS) is 7.24. The summed E-state index contributed by atoms with van der Waals surface area (Å²) < 4.78 is 0. The molecule has 0 bridgehead atoms. The van der Waals surface area contributed by atoms with Crippen molar-refractivity contribution in [3.05, 3.63) is 71.3 Å². The van der Waals surface area contributed by atoms with Crippen LogP contribution in [0.4, 0.5) is 11.4 Å². The van der Waals surface area contributed by atoms with Crippen LogP contribution < -0.4 is 9.41 Å². The summed E-state index contributed by atoms with van der Waals surface area (Å²) >= 11 is 0. The van der Waals surface area contributed by atoms with Gasteiger partial charge in [-0.2, -0.15) is 0 Å². The SMILES string of the molecule is O=C[N-]c1ccccc1.O=C[N-]c1ccccc1.[F-].[F-].[Zr+4]. The van der Waals surface area contributed by atoms with Crippen molar-refractivity contribution in [3.63, 3.8) is 0 Å². The first kappa shape index (κ1) is 24.2. The first-order valence-electron chi connectivity index (χ1n) is 5.26. The van der Waals surface area contributed by atoms with Crippen LogP contribution in [0.25, 0.3) is 10.6 Å². The Labute approximate surface area is 140 Å². The predicted octanol–water partition coefficient (Wildman–Crippen LogP) is -2.30. The van der Waals surface area contributed by atoms with Crippen LogP contribution in [-0.2, 0) is 35.8 Å². The molecule has 0 aliphatic carbocycles. The molecule has 0 radical (unpaired) electrons. The third-order valence-corrected chi connectivity index (χ3v) is 1.92. The standard InChI is InChI=1S/2C7H7NO.2FH.Zr/c2*9-6-8-7-4-2-1-3-5-7;;;/h2*1-6H,(H,8,9);2*1H;/q;;;;+4/p-4. The van der Waals surface area contributed by atoms with Gasteiger partial charge < -0.3 is 29.6 Å². The van der Waals surface area contributed by atoms with Crippen molar-refractivity contribution >= 4 is 24.2 Å². The first-order chi connectivity index (χ1) is 8.86. The van der Waals surface area contributed by atoms with Gasteiger partial charge in [0.2, 0.25) is 0 Å². The summed E-state index contributed by atoms with van der Waals surface area (Å²) in [4.78, 5) is 19.6. The maximum Gasteiger partial charge on any atom is 4.00 e. The second kappa shape index (κ2) is 16.2. The third-order valence-electron chi connectivity index (χ3n) is 1.92. The molecule has 0 atom stereocenters. The molecule has 0 fully saturated rings. The van der Waals surface area contributed by atoms with Crippen LogP contribution in [0.5, 0.6) is 0 Å². The Morgan fingerprint density at radius 3 is 1.14 bits per heavy atom. The molecule has 0 aliphatic heterocycles. The van der Waals surface area contributed by atoms with E-state index in [1.165, 1.54) is 0 Å². The fourth-order valence-electron chi connectivity index (χ4n) is 1.15. The summed E-state index contributed by atoms with van der Waals surface area (Å²) in [5.41, 5.74) is 1.40. The van der Waals surface area contributed by atoms with Gasteiger partial charge in [0.1, 0.15) is 0 Å². The third kappa shape index (κ3) is 11.6. The fraction of sp³-hybridized carbons (Fsp3) is 0. The van der Waals surface area contributed by atoms with Crippen molar-refractivity contribution < 1.29 is 45.2 Å². The van der Waals surface area contributed by atoms with Crippen molar-refractivity contribution in [2.45, 2.75) is 0 Å². The van der Waals surface area contributed by atoms with Crippen LogP contribution in [0.15, 0.2) is 60.7 Å². The minimum absolute atomic E-state index is 0. The van der Waals surface area contributed by atoms with E-state index in [9.17, 15) is 9.59 Å². The molecule has 7 heteroatoms. The quantitative estimate of drug-likeness (QED) is 0.569. The minimum atomic E-state index is 0. The van der Waals surface area contributed by atoms with Crippen molar-refractivity contribution in [1.82, 2.24) is 0 Å². The van der Waals surface area contributed by atoms with E-state index in [0.717, 1.165) is 0 Å². The molecule has 108 valence electrons. The molecule has 0 saturated heterocycles. The number of halogens is 2. The summed E-state index contributed by atoms with van der Waals surface area (Å²) in [6.45, 7) is 0. The average molecular weight is 369 g/mol. The van der Waals surface area contributed by atoms with E-state index >= 15 is 0 Å². The van der Waals surface area contributed by atoms with Crippen LogP contribution in [0.1, 0.15) is 0 Å². The van der Waals surface area contributed by atoms with Crippen LogP contribution in [-0.4, -0.2) is 12.8 Å². The Balaban J connectivity index is -0.000000270. The van der Waals surface area contributed by atoms with Gasteiger partial charge in [-0.15, -0.1) is 11.4 Å². The zero-order chi connectivity index (χ0) is 13.1. The van der Waals surface area contributed by atoms with Gasteiger partial charge in [0.15, 0.2) is 0 Å². The first-order valence-corrected chi connectivity index (χ1v) is 5.26. The van der Waals surface area contributed by atoms with Crippen molar-refractivity contribution in [2.24, 2.45) is 0 Å². The number of carbonyl (C=O) groups is 2. The zero-order valence-corrected chi connectivity index (χ0v) is 13.4. The van der Waals surface area contributed by atoms with Gasteiger partial charge in [-0.1, -0.05) is 60.7 Å². The number of para-hydroxylation sites is 2. The van der Waals surface area contributed by atoms with Gasteiger partial charge in [0.05, 0.1) is 0 Å². The predicted molar refractivity (Wildman–Crippen MR) is 71.1 cm³/mol. The summed E-state index contributed by atoms with van der Waals surface area (Å²) in [7, 11) is 0. The molecule has 21 heavy (non-hydrogen) atoms. The van der Waals surface area contributed by atoms with Gasteiger partial charge in [0, 0.05) is 12.8 Å². The number of nitrogens with zero attached hydrogens (tertiary/aromatic N) is 2. The molecular formula is C14H12F2N2O2Zr. The number of hydrogen-bond donors (Lipinski definition) is 0. The number of carbonyl (C=O) groups excluding carboxylic acids is 2. The molecule has 2 aromatic carbocycles. The Morgan fingerprint density at radius 2 is 0.905 bits per heavy atom. The van der Waals surface area contributed by atoms with Gasteiger partial charge in [-0.3, -0.25) is 0 Å². The molecule has 0 spiro atoms. The number of hydrogen-bond acceptors (Lipinski definition) is 2. The summed E-state index contributed by atoms with van der Waals surface area (Å²) in [5.74, 6) is 0. The zero-order valence-electron chi connectivity index (χ0n) is 10.9. The van der Waals surface area contributed by atoms with Gasteiger partial charge >= 0.3 is 26.2 Å². The van der Waals surface area contributed by atoms with Crippen molar-refractivity contribution in [2.75, 3.05) is 0 Å². The Hall–Kier alpha value is -1.88. The van der Waals surface area contributed by atoms with Gasteiger partial charge in [-0.05, 0) is 0 Å². The molecular weight excluding hydrogens is 357 g/mol. The van der Waals surface area contributed by atoms with E-state index in [1.807, 2.05) is 36.4 Å². The topological polar surface area (TPSA) is 62.3 Å². The van der Waals surface area contributed by atoms with Gasteiger partial charge in [-0.25, -0.2) is 0 Å². The molecule has 0 unspecified atom stereocenters. The van der Waals surface area contributed by atoms with Crippen LogP contribution in [0.2, 0.25) is 0 Å². The molecule has 2 amide bonds. The van der Waals surface area contributed by atoms with E-state index < -0.39 is 0 Å². The molecule has 4 nitrogen and oxygen atoms in total. The number of benzene rings is 2. The van der Waals surface area contributed by atoms with Crippen LogP contribution in [0.3, 0.4) is 0 Å². The van der Waals surface area contributed by atoms with Gasteiger partial charge in [0.25, 0.3) is 0 Å². The fourth-order valence-corrected chi connectivity index (χ4v) is 1.15. The van der Waals surface area contributed by atoms with Crippen LogP contribution in [0, 0.1) is 0 Å². The van der Waals surface area contributed by atoms with Crippen LogP contribution >= 0.6 is 0 Å². The Morgan fingerprint density at radius 1 is 0.619 bits per heavy atom. The second-order valence-corrected chi connectivity index (χ2v) is 3.14. The summed E-state index contributed by atoms with van der Waals surface area (Å²) in [6, 6.07) is 18.2. The maximum absolute atomic E-state index is 9.81. The number of rotatable bonds is 4. The smallest absolute Gasteiger partial charge is 1.00 e. The summed E-state index contributed by atoms with van der Waals surface area (Å²) in [5, 5.41) is 7.05. The van der Waals surface area contributed by atoms with E-state index in [4.69, 9.17) is 0 Å². The molecule has 0 aliphatic rings. The molecule has 2 rings (SSSR count). The molecule has 0 saturated carbocycles. The second-order valence-electron chi connectivity index (χ2n) is 3.14. The molecule has 0 heterocycles. The minimum Gasteiger partial charge on any atom is -1.00 e. The summed E-state index contributed by atoms with van der Waals surface area (Å²) in [6.07, 6.45) is 1.07. The van der Waals surface area contributed by atoms with E-state index in [-0.39, 0.29) is 35.6 Å². The number of amides is 2. The van der Waals surface area contributed by atoms with E-state index in [1.54, 1.807) is 24.3 Å². The van der Waals surface area contributed by atoms with Crippen molar-refractivity contribution in [3.8, 4) is 0 Å². The largest absolute Gasteiger partial charge is 4.00 e. The van der Waals surface area contributed by atoms with E-state index in [2.05, 4.69) is 10.6 Å². The van der Waals surface area contributed by atoms with Crippen molar-refractivity contribution in [1.29, 1.82) is 0 Å². The van der Waals surface area contributed by atoms with E-state index in [0.29, 0.717) is 24.2 Å². The average Bonchev–Trinajstić information content (AvgIpc) is 2.43. The Bertz CT molecular complexity index is 427. The monoisotopic (exact) mass is 368 g/mol. The maximum atomic E-state index is 9.81.